The summed E-state index contributed by atoms with van der Waals surface area (Å²) in [5.74, 6) is 1.16. The summed E-state index contributed by atoms with van der Waals surface area (Å²) in [6.45, 7) is 2.60. The van der Waals surface area contributed by atoms with E-state index in [2.05, 4.69) is 77.0 Å². The SMILES string of the molecule is C[C@H](CO)NCc1cc(Cl)c(O[C@H]2CCc3c(-c4cccc5ccccc45)cccc32)cc1OCc1cncc(C#N)c1. The molecule has 6 rings (SSSR count). The second-order valence-corrected chi connectivity index (χ2v) is 11.3. The van der Waals surface area contributed by atoms with Gasteiger partial charge in [0.05, 0.1) is 17.2 Å². The number of nitrogens with zero attached hydrogens (tertiary/aromatic N) is 2. The number of halogens is 1. The molecule has 7 heteroatoms. The van der Waals surface area contributed by atoms with Crippen LogP contribution in [0.25, 0.3) is 21.9 Å². The van der Waals surface area contributed by atoms with Gasteiger partial charge in [0.15, 0.2) is 0 Å². The van der Waals surface area contributed by atoms with E-state index in [1.165, 1.54) is 39.2 Å². The highest BCUT2D eigenvalue weighted by Gasteiger charge is 2.28. The third kappa shape index (κ3) is 6.21. The van der Waals surface area contributed by atoms with Crippen molar-refractivity contribution in [1.82, 2.24) is 10.3 Å². The first-order valence-corrected chi connectivity index (χ1v) is 14.8. The Morgan fingerprint density at radius 2 is 1.84 bits per heavy atom. The Hall–Kier alpha value is -4.41. The average Bonchev–Trinajstić information content (AvgIpc) is 3.46. The van der Waals surface area contributed by atoms with E-state index in [4.69, 9.17) is 21.1 Å². The maximum absolute atomic E-state index is 9.49. The summed E-state index contributed by atoms with van der Waals surface area (Å²) in [5, 5.41) is 25.0. The lowest BCUT2D eigenvalue weighted by molar-refractivity contribution is 0.205. The maximum Gasteiger partial charge on any atom is 0.142 e. The lowest BCUT2D eigenvalue weighted by Gasteiger charge is -2.20. The van der Waals surface area contributed by atoms with Gasteiger partial charge in [-0.1, -0.05) is 72.3 Å². The minimum atomic E-state index is -0.148. The number of nitrogens with one attached hydrogen (secondary N) is 1. The molecule has 1 aliphatic carbocycles. The van der Waals surface area contributed by atoms with Crippen molar-refractivity contribution in [2.45, 2.75) is 45.1 Å². The Labute approximate surface area is 256 Å². The van der Waals surface area contributed by atoms with Crippen LogP contribution in [0.3, 0.4) is 0 Å². The summed E-state index contributed by atoms with van der Waals surface area (Å²) in [4.78, 5) is 4.14. The highest BCUT2D eigenvalue weighted by molar-refractivity contribution is 6.32. The third-order valence-electron chi connectivity index (χ3n) is 7.91. The Morgan fingerprint density at radius 1 is 1.02 bits per heavy atom. The zero-order valence-electron chi connectivity index (χ0n) is 23.9. The Bertz CT molecular complexity index is 1810. The number of nitriles is 1. The molecular weight excluding hydrogens is 558 g/mol. The maximum atomic E-state index is 9.49. The number of pyridine rings is 1. The topological polar surface area (TPSA) is 87.4 Å². The van der Waals surface area contributed by atoms with E-state index in [-0.39, 0.29) is 25.4 Å². The molecule has 0 saturated heterocycles. The van der Waals surface area contributed by atoms with Crippen molar-refractivity contribution in [3.63, 3.8) is 0 Å². The predicted molar refractivity (Wildman–Crippen MR) is 169 cm³/mol. The molecule has 0 bridgehead atoms. The van der Waals surface area contributed by atoms with E-state index in [1.807, 2.05) is 19.1 Å². The molecule has 2 N–H and O–H groups in total. The van der Waals surface area contributed by atoms with Gasteiger partial charge in [0.1, 0.15) is 30.3 Å². The van der Waals surface area contributed by atoms with Crippen LogP contribution in [0.2, 0.25) is 5.02 Å². The first-order valence-electron chi connectivity index (χ1n) is 14.4. The molecule has 1 aromatic heterocycles. The van der Waals surface area contributed by atoms with Crippen LogP contribution in [0, 0.1) is 11.3 Å². The molecule has 1 aliphatic rings. The van der Waals surface area contributed by atoms with Crippen molar-refractivity contribution in [3.8, 4) is 28.7 Å². The molecule has 0 unspecified atom stereocenters. The standard InChI is InChI=1S/C36H32ClN3O3/c1-23(21-41)40-20-27-15-33(37)36(16-35(27)42-22-25-14-24(17-38)18-39-19-25)43-34-13-12-31-30(10-5-11-32(31)34)29-9-4-7-26-6-2-3-8-28(26)29/h2-11,14-16,18-19,23,34,40-41H,12-13,20-22H2,1H3/t23-,34+/m1/s1. The summed E-state index contributed by atoms with van der Waals surface area (Å²) < 4.78 is 12.9. The number of aliphatic hydroxyl groups excluding tert-OH is 1. The molecule has 6 nitrogen and oxygen atoms in total. The van der Waals surface area contributed by atoms with E-state index in [0.717, 1.165) is 24.0 Å². The molecule has 4 aromatic carbocycles. The summed E-state index contributed by atoms with van der Waals surface area (Å²) >= 11 is 6.80. The lowest BCUT2D eigenvalue weighted by Crippen LogP contribution is -2.28. The van der Waals surface area contributed by atoms with Crippen molar-refractivity contribution in [2.75, 3.05) is 6.61 Å². The quantitative estimate of drug-likeness (QED) is 0.175. The molecule has 0 saturated carbocycles. The van der Waals surface area contributed by atoms with Crippen molar-refractivity contribution in [1.29, 1.82) is 5.26 Å². The molecule has 0 amide bonds. The molecule has 0 fully saturated rings. The van der Waals surface area contributed by atoms with Gasteiger partial charge in [-0.2, -0.15) is 5.26 Å². The summed E-state index contributed by atoms with van der Waals surface area (Å²) in [6.07, 6.45) is 4.81. The Kier molecular flexibility index (Phi) is 8.57. The lowest BCUT2D eigenvalue weighted by atomic mass is 9.93. The zero-order chi connectivity index (χ0) is 29.8. The monoisotopic (exact) mass is 589 g/mol. The molecule has 43 heavy (non-hydrogen) atoms. The van der Waals surface area contributed by atoms with Crippen molar-refractivity contribution < 1.29 is 14.6 Å². The first-order chi connectivity index (χ1) is 21.0. The molecule has 216 valence electrons. The van der Waals surface area contributed by atoms with Gasteiger partial charge >= 0.3 is 0 Å². The van der Waals surface area contributed by atoms with Crippen molar-refractivity contribution in [2.24, 2.45) is 0 Å². The largest absolute Gasteiger partial charge is 0.488 e. The van der Waals surface area contributed by atoms with Crippen LogP contribution in [-0.4, -0.2) is 22.7 Å². The molecule has 2 atom stereocenters. The number of fused-ring (bicyclic) bond motifs is 2. The number of benzene rings is 4. The highest BCUT2D eigenvalue weighted by Crippen LogP contribution is 2.44. The van der Waals surface area contributed by atoms with E-state index in [0.29, 0.717) is 28.6 Å². The van der Waals surface area contributed by atoms with Gasteiger partial charge in [-0.25, -0.2) is 0 Å². The number of aromatic nitrogens is 1. The summed E-state index contributed by atoms with van der Waals surface area (Å²) in [6, 6.07) is 28.9. The van der Waals surface area contributed by atoms with Gasteiger partial charge in [-0.15, -0.1) is 0 Å². The summed E-state index contributed by atoms with van der Waals surface area (Å²) in [7, 11) is 0. The van der Waals surface area contributed by atoms with E-state index >= 15 is 0 Å². The molecule has 0 radical (unpaired) electrons. The van der Waals surface area contributed by atoms with E-state index < -0.39 is 0 Å². The molecular formula is C36H32ClN3O3. The van der Waals surface area contributed by atoms with Gasteiger partial charge < -0.3 is 19.9 Å². The second-order valence-electron chi connectivity index (χ2n) is 10.9. The van der Waals surface area contributed by atoms with E-state index in [1.54, 1.807) is 12.3 Å². The number of hydrogen-bond donors (Lipinski definition) is 2. The molecule has 0 aliphatic heterocycles. The van der Waals surface area contributed by atoms with Gasteiger partial charge in [0.2, 0.25) is 0 Å². The number of rotatable bonds is 10. The van der Waals surface area contributed by atoms with Crippen molar-refractivity contribution >= 4 is 22.4 Å². The minimum absolute atomic E-state index is 0.0135. The fourth-order valence-electron chi connectivity index (χ4n) is 5.68. The number of ether oxygens (including phenoxy) is 2. The molecule has 1 heterocycles. The van der Waals surface area contributed by atoms with Crippen LogP contribution in [0.5, 0.6) is 11.5 Å². The normalized spacial score (nSPS) is 14.7. The fourth-order valence-corrected chi connectivity index (χ4v) is 5.91. The zero-order valence-corrected chi connectivity index (χ0v) is 24.6. The summed E-state index contributed by atoms with van der Waals surface area (Å²) in [5.41, 5.74) is 7.04. The minimum Gasteiger partial charge on any atom is -0.488 e. The van der Waals surface area contributed by atoms with E-state index in [9.17, 15) is 10.4 Å². The van der Waals surface area contributed by atoms with Crippen LogP contribution in [0.4, 0.5) is 0 Å². The predicted octanol–water partition coefficient (Wildman–Crippen LogP) is 7.54. The van der Waals surface area contributed by atoms with Gasteiger partial charge in [-0.05, 0) is 64.9 Å². The fraction of sp³-hybridized carbons (Fsp3) is 0.222. The second kappa shape index (κ2) is 12.8. The van der Waals surface area contributed by atoms with Gasteiger partial charge in [0.25, 0.3) is 0 Å². The van der Waals surface area contributed by atoms with Crippen LogP contribution < -0.4 is 14.8 Å². The van der Waals surface area contributed by atoms with Gasteiger partial charge in [0, 0.05) is 42.2 Å². The smallest absolute Gasteiger partial charge is 0.142 e. The first kappa shape index (κ1) is 28.7. The Balaban J connectivity index is 1.29. The van der Waals surface area contributed by atoms with Crippen LogP contribution in [0.1, 0.15) is 47.3 Å². The highest BCUT2D eigenvalue weighted by atomic mass is 35.5. The van der Waals surface area contributed by atoms with Crippen LogP contribution >= 0.6 is 11.6 Å². The Morgan fingerprint density at radius 3 is 2.70 bits per heavy atom. The van der Waals surface area contributed by atoms with Crippen LogP contribution in [0.15, 0.2) is 91.3 Å². The van der Waals surface area contributed by atoms with Crippen LogP contribution in [-0.2, 0) is 19.6 Å². The molecule has 0 spiro atoms. The number of aliphatic hydroxyl groups is 1. The molecule has 5 aromatic rings. The van der Waals surface area contributed by atoms with Crippen molar-refractivity contribution in [3.05, 3.63) is 124 Å². The van der Waals surface area contributed by atoms with Gasteiger partial charge in [-0.3, -0.25) is 4.98 Å². The third-order valence-corrected chi connectivity index (χ3v) is 8.21. The average molecular weight is 590 g/mol. The number of hydrogen-bond acceptors (Lipinski definition) is 6.